The average Bonchev–Trinajstić information content (AvgIpc) is 3.03. The van der Waals surface area contributed by atoms with Gasteiger partial charge in [0, 0.05) is 24.0 Å². The largest absolute Gasteiger partial charge is 0.354 e. The Morgan fingerprint density at radius 1 is 0.841 bits per heavy atom. The van der Waals surface area contributed by atoms with Gasteiger partial charge in [0.25, 0.3) is 10.0 Å². The Kier molecular flexibility index (Phi) is 11.7. The fourth-order valence-electron chi connectivity index (χ4n) is 4.97. The molecule has 0 aliphatic heterocycles. The molecular formula is C35H38BrN3O4S. The van der Waals surface area contributed by atoms with E-state index in [1.165, 1.54) is 17.0 Å². The molecule has 1 N–H and O–H groups in total. The number of hydrogen-bond acceptors (Lipinski definition) is 4. The minimum Gasteiger partial charge on any atom is -0.354 e. The lowest BCUT2D eigenvalue weighted by Gasteiger charge is -2.34. The number of amides is 2. The predicted octanol–water partition coefficient (Wildman–Crippen LogP) is 6.51. The second-order valence-corrected chi connectivity index (χ2v) is 13.4. The molecule has 4 aromatic rings. The molecule has 0 fully saturated rings. The van der Waals surface area contributed by atoms with Crippen LogP contribution in [0.3, 0.4) is 0 Å². The molecule has 0 aliphatic carbocycles. The van der Waals surface area contributed by atoms with Crippen LogP contribution in [0.25, 0.3) is 0 Å². The van der Waals surface area contributed by atoms with Crippen LogP contribution < -0.4 is 9.62 Å². The van der Waals surface area contributed by atoms with E-state index < -0.39 is 28.5 Å². The number of nitrogens with zero attached hydrogens (tertiary/aromatic N) is 2. The number of carbonyl (C=O) groups is 2. The zero-order valence-corrected chi connectivity index (χ0v) is 27.4. The quantitative estimate of drug-likeness (QED) is 0.154. The van der Waals surface area contributed by atoms with Gasteiger partial charge in [0.05, 0.1) is 10.6 Å². The Morgan fingerprint density at radius 3 is 2.14 bits per heavy atom. The second kappa shape index (κ2) is 15.7. The van der Waals surface area contributed by atoms with Gasteiger partial charge in [-0.1, -0.05) is 108 Å². The lowest BCUT2D eigenvalue weighted by Crippen LogP contribution is -2.53. The van der Waals surface area contributed by atoms with Crippen LogP contribution in [0.1, 0.15) is 36.5 Å². The summed E-state index contributed by atoms with van der Waals surface area (Å²) in [6, 6.07) is 31.4. The molecular weight excluding hydrogens is 638 g/mol. The third-order valence-corrected chi connectivity index (χ3v) is 9.60. The van der Waals surface area contributed by atoms with Crippen molar-refractivity contribution in [3.63, 3.8) is 0 Å². The summed E-state index contributed by atoms with van der Waals surface area (Å²) < 4.78 is 30.2. The second-order valence-electron chi connectivity index (χ2n) is 10.6. The van der Waals surface area contributed by atoms with Crippen LogP contribution >= 0.6 is 15.9 Å². The molecule has 0 spiro atoms. The maximum Gasteiger partial charge on any atom is 0.264 e. The summed E-state index contributed by atoms with van der Waals surface area (Å²) in [5.74, 6) is -0.765. The third-order valence-electron chi connectivity index (χ3n) is 7.34. The highest BCUT2D eigenvalue weighted by Gasteiger charge is 2.35. The molecule has 0 unspecified atom stereocenters. The van der Waals surface area contributed by atoms with Crippen molar-refractivity contribution in [1.29, 1.82) is 0 Å². The van der Waals surface area contributed by atoms with E-state index in [9.17, 15) is 18.0 Å². The number of para-hydroxylation sites is 1. The summed E-state index contributed by atoms with van der Waals surface area (Å²) in [6.07, 6.45) is 1.99. The monoisotopic (exact) mass is 675 g/mol. The molecule has 44 heavy (non-hydrogen) atoms. The number of sulfonamides is 1. The van der Waals surface area contributed by atoms with Gasteiger partial charge in [0.15, 0.2) is 0 Å². The number of carbonyl (C=O) groups excluding carboxylic acids is 2. The number of halogens is 1. The minimum absolute atomic E-state index is 0.0766. The molecule has 4 aromatic carbocycles. The van der Waals surface area contributed by atoms with Crippen molar-refractivity contribution in [2.45, 2.75) is 50.6 Å². The Labute approximate surface area is 269 Å². The molecule has 0 radical (unpaired) electrons. The van der Waals surface area contributed by atoms with Crippen LogP contribution in [0.2, 0.25) is 0 Å². The highest BCUT2D eigenvalue weighted by molar-refractivity contribution is 9.10. The maximum atomic E-state index is 14.5. The molecule has 0 aliphatic rings. The Hall–Kier alpha value is -3.95. The molecule has 0 saturated heterocycles. The summed E-state index contributed by atoms with van der Waals surface area (Å²) >= 11 is 3.51. The van der Waals surface area contributed by atoms with E-state index in [1.807, 2.05) is 80.6 Å². The first-order valence-corrected chi connectivity index (χ1v) is 16.9. The van der Waals surface area contributed by atoms with Crippen LogP contribution in [-0.4, -0.2) is 44.3 Å². The van der Waals surface area contributed by atoms with E-state index >= 15 is 0 Å². The van der Waals surface area contributed by atoms with Crippen molar-refractivity contribution in [1.82, 2.24) is 10.2 Å². The van der Waals surface area contributed by atoms with Gasteiger partial charge in [-0.05, 0) is 60.4 Å². The maximum absolute atomic E-state index is 14.5. The topological polar surface area (TPSA) is 86.8 Å². The van der Waals surface area contributed by atoms with E-state index in [0.717, 1.165) is 32.7 Å². The van der Waals surface area contributed by atoms with Gasteiger partial charge < -0.3 is 10.2 Å². The first-order chi connectivity index (χ1) is 21.2. The van der Waals surface area contributed by atoms with Crippen molar-refractivity contribution in [2.75, 3.05) is 17.4 Å². The summed E-state index contributed by atoms with van der Waals surface area (Å²) in [7, 11) is -4.13. The molecule has 230 valence electrons. The van der Waals surface area contributed by atoms with E-state index in [2.05, 4.69) is 21.2 Å². The van der Waals surface area contributed by atoms with Gasteiger partial charge in [-0.15, -0.1) is 0 Å². The molecule has 2 amide bonds. The van der Waals surface area contributed by atoms with Crippen molar-refractivity contribution in [3.05, 3.63) is 130 Å². The number of benzene rings is 4. The number of hydrogen-bond donors (Lipinski definition) is 1. The summed E-state index contributed by atoms with van der Waals surface area (Å²) in [5, 5.41) is 3.01. The van der Waals surface area contributed by atoms with Crippen molar-refractivity contribution in [3.8, 4) is 0 Å². The molecule has 0 heterocycles. The van der Waals surface area contributed by atoms with Crippen LogP contribution in [0.4, 0.5) is 5.69 Å². The predicted molar refractivity (Wildman–Crippen MR) is 179 cm³/mol. The van der Waals surface area contributed by atoms with Gasteiger partial charge in [-0.3, -0.25) is 13.9 Å². The van der Waals surface area contributed by atoms with Gasteiger partial charge in [-0.25, -0.2) is 8.42 Å². The number of rotatable bonds is 14. The van der Waals surface area contributed by atoms with Crippen molar-refractivity contribution >= 4 is 43.5 Å². The van der Waals surface area contributed by atoms with Gasteiger partial charge in [-0.2, -0.15) is 0 Å². The fourth-order valence-corrected chi connectivity index (χ4v) is 6.91. The van der Waals surface area contributed by atoms with Crippen LogP contribution in [0.15, 0.2) is 119 Å². The third kappa shape index (κ3) is 8.57. The van der Waals surface area contributed by atoms with Crippen LogP contribution in [0, 0.1) is 6.92 Å². The molecule has 9 heteroatoms. The lowest BCUT2D eigenvalue weighted by molar-refractivity contribution is -0.140. The zero-order valence-electron chi connectivity index (χ0n) is 25.0. The highest BCUT2D eigenvalue weighted by atomic mass is 79.9. The number of aryl methyl sites for hydroxylation is 1. The first-order valence-electron chi connectivity index (χ1n) is 14.7. The standard InChI is InChI=1S/C35H38BrN3O4S/c1-3-4-22-37-35(41)33(24-28-15-7-5-8-16-28)38(25-29-17-13-18-30(36)23-29)34(40)26-39(32-21-12-11-14-27(32)2)44(42,43)31-19-9-6-10-20-31/h5-21,23,33H,3-4,22,24-26H2,1-2H3,(H,37,41)/t33-/m0/s1. The Balaban J connectivity index is 1.79. The number of anilines is 1. The number of unbranched alkanes of at least 4 members (excludes halogenated alkanes) is 1. The lowest BCUT2D eigenvalue weighted by atomic mass is 10.0. The average molecular weight is 677 g/mol. The van der Waals surface area contributed by atoms with E-state index in [1.54, 1.807) is 30.3 Å². The molecule has 0 aromatic heterocycles. The summed E-state index contributed by atoms with van der Waals surface area (Å²) in [4.78, 5) is 29.9. The van der Waals surface area contributed by atoms with Gasteiger partial charge in [0.1, 0.15) is 12.6 Å². The van der Waals surface area contributed by atoms with Crippen molar-refractivity contribution < 1.29 is 18.0 Å². The molecule has 0 bridgehead atoms. The number of nitrogens with one attached hydrogen (secondary N) is 1. The first kappa shape index (κ1) is 33.0. The normalized spacial score (nSPS) is 11.9. The van der Waals surface area contributed by atoms with Crippen LogP contribution in [-0.2, 0) is 32.6 Å². The Morgan fingerprint density at radius 2 is 1.48 bits per heavy atom. The smallest absolute Gasteiger partial charge is 0.264 e. The molecule has 7 nitrogen and oxygen atoms in total. The van der Waals surface area contributed by atoms with Gasteiger partial charge in [0.2, 0.25) is 11.8 Å². The zero-order chi connectivity index (χ0) is 31.5. The SMILES string of the molecule is CCCCNC(=O)[C@H](Cc1ccccc1)N(Cc1cccc(Br)c1)C(=O)CN(c1ccccc1C)S(=O)(=O)c1ccccc1. The summed E-state index contributed by atoms with van der Waals surface area (Å²) in [6.45, 7) is 3.97. The minimum atomic E-state index is -4.13. The molecule has 4 rings (SSSR count). The van der Waals surface area contributed by atoms with E-state index in [-0.39, 0.29) is 23.8 Å². The van der Waals surface area contributed by atoms with Crippen molar-refractivity contribution in [2.24, 2.45) is 0 Å². The van der Waals surface area contributed by atoms with Crippen LogP contribution in [0.5, 0.6) is 0 Å². The van der Waals surface area contributed by atoms with E-state index in [4.69, 9.17) is 0 Å². The molecule has 1 atom stereocenters. The van der Waals surface area contributed by atoms with E-state index in [0.29, 0.717) is 17.8 Å². The highest BCUT2D eigenvalue weighted by Crippen LogP contribution is 2.28. The molecule has 0 saturated carbocycles. The fraction of sp³-hybridized carbons (Fsp3) is 0.257. The summed E-state index contributed by atoms with van der Waals surface area (Å²) in [5.41, 5.74) is 2.80. The van der Waals surface area contributed by atoms with Gasteiger partial charge >= 0.3 is 0 Å². The Bertz CT molecular complexity index is 1650.